The number of hydrogen-bond acceptors (Lipinski definition) is 2. The molecule has 0 spiro atoms. The predicted molar refractivity (Wildman–Crippen MR) is 83.8 cm³/mol. The Morgan fingerprint density at radius 1 is 1.24 bits per heavy atom. The molecule has 0 aliphatic carbocycles. The molecule has 0 amide bonds. The van der Waals surface area contributed by atoms with Crippen molar-refractivity contribution < 1.29 is 4.39 Å². The van der Waals surface area contributed by atoms with E-state index in [9.17, 15) is 4.39 Å². The van der Waals surface area contributed by atoms with E-state index in [1.54, 1.807) is 16.8 Å². The molecule has 0 radical (unpaired) electrons. The summed E-state index contributed by atoms with van der Waals surface area (Å²) in [6, 6.07) is 8.91. The van der Waals surface area contributed by atoms with E-state index < -0.39 is 0 Å². The van der Waals surface area contributed by atoms with E-state index in [1.807, 2.05) is 25.4 Å². The highest BCUT2D eigenvalue weighted by atomic mass is 19.1. The summed E-state index contributed by atoms with van der Waals surface area (Å²) >= 11 is 0. The van der Waals surface area contributed by atoms with Crippen LogP contribution in [0, 0.1) is 11.7 Å². The van der Waals surface area contributed by atoms with Crippen molar-refractivity contribution in [2.24, 2.45) is 13.0 Å². The van der Waals surface area contributed by atoms with E-state index >= 15 is 0 Å². The van der Waals surface area contributed by atoms with E-state index in [0.29, 0.717) is 5.92 Å². The summed E-state index contributed by atoms with van der Waals surface area (Å²) in [5.74, 6) is 0.657. The number of hydrogen-bond donors (Lipinski definition) is 1. The second-order valence-corrected chi connectivity index (χ2v) is 5.99. The fourth-order valence-electron chi connectivity index (χ4n) is 2.44. The first-order valence-electron chi connectivity index (χ1n) is 7.49. The van der Waals surface area contributed by atoms with Crippen LogP contribution < -0.4 is 5.32 Å². The lowest BCUT2D eigenvalue weighted by Gasteiger charge is -2.18. The standard InChI is InChI=1S/C17H24FN3/c1-13(2)11-19-12-15(10-17-7-8-21(3)20-17)14-5-4-6-16(18)9-14/h4-9,13,15,19H,10-12H2,1-3H3. The maximum Gasteiger partial charge on any atom is 0.123 e. The van der Waals surface area contributed by atoms with Crippen molar-refractivity contribution in [2.75, 3.05) is 13.1 Å². The number of halogens is 1. The summed E-state index contributed by atoms with van der Waals surface area (Å²) in [5, 5.41) is 7.91. The predicted octanol–water partition coefficient (Wildman–Crippen LogP) is 3.13. The number of nitrogens with zero attached hydrogens (tertiary/aromatic N) is 2. The molecule has 2 aromatic rings. The van der Waals surface area contributed by atoms with Crippen LogP contribution in [0.5, 0.6) is 0 Å². The van der Waals surface area contributed by atoms with Crippen LogP contribution in [-0.2, 0) is 13.5 Å². The number of aryl methyl sites for hydroxylation is 1. The molecular weight excluding hydrogens is 265 g/mol. The first-order valence-corrected chi connectivity index (χ1v) is 7.49. The fourth-order valence-corrected chi connectivity index (χ4v) is 2.44. The largest absolute Gasteiger partial charge is 0.316 e. The van der Waals surface area contributed by atoms with Crippen LogP contribution >= 0.6 is 0 Å². The van der Waals surface area contributed by atoms with Crippen molar-refractivity contribution in [1.29, 1.82) is 0 Å². The van der Waals surface area contributed by atoms with Crippen molar-refractivity contribution in [3.8, 4) is 0 Å². The lowest BCUT2D eigenvalue weighted by molar-refractivity contribution is 0.509. The van der Waals surface area contributed by atoms with Crippen molar-refractivity contribution in [2.45, 2.75) is 26.2 Å². The van der Waals surface area contributed by atoms with Gasteiger partial charge >= 0.3 is 0 Å². The minimum Gasteiger partial charge on any atom is -0.316 e. The van der Waals surface area contributed by atoms with Crippen LogP contribution in [0.25, 0.3) is 0 Å². The topological polar surface area (TPSA) is 29.9 Å². The highest BCUT2D eigenvalue weighted by Gasteiger charge is 2.14. The molecule has 0 aliphatic rings. The third-order valence-corrected chi connectivity index (χ3v) is 3.49. The Kier molecular flexibility index (Phi) is 5.51. The number of benzene rings is 1. The SMILES string of the molecule is CC(C)CNCC(Cc1ccn(C)n1)c1cccc(F)c1. The molecular formula is C17H24FN3. The molecule has 3 nitrogen and oxygen atoms in total. The molecule has 2 rings (SSSR count). The molecule has 0 aliphatic heterocycles. The molecule has 4 heteroatoms. The highest BCUT2D eigenvalue weighted by molar-refractivity contribution is 5.23. The Balaban J connectivity index is 2.09. The molecule has 21 heavy (non-hydrogen) atoms. The van der Waals surface area contributed by atoms with Gasteiger partial charge in [0.15, 0.2) is 0 Å². The van der Waals surface area contributed by atoms with Crippen LogP contribution in [0.4, 0.5) is 4.39 Å². The Morgan fingerprint density at radius 2 is 2.05 bits per heavy atom. The molecule has 1 aromatic carbocycles. The van der Waals surface area contributed by atoms with E-state index in [0.717, 1.165) is 30.8 Å². The lowest BCUT2D eigenvalue weighted by Crippen LogP contribution is -2.26. The average molecular weight is 289 g/mol. The third kappa shape index (κ3) is 4.97. The first-order chi connectivity index (χ1) is 10.0. The number of aromatic nitrogens is 2. The van der Waals surface area contributed by atoms with E-state index in [4.69, 9.17) is 0 Å². The zero-order valence-corrected chi connectivity index (χ0v) is 13.0. The first kappa shape index (κ1) is 15.7. The second kappa shape index (κ2) is 7.36. The summed E-state index contributed by atoms with van der Waals surface area (Å²) < 4.78 is 15.3. The van der Waals surface area contributed by atoms with Gasteiger partial charge in [0.1, 0.15) is 5.82 Å². The monoisotopic (exact) mass is 289 g/mol. The number of nitrogens with one attached hydrogen (secondary N) is 1. The Labute approximate surface area is 126 Å². The maximum atomic E-state index is 13.5. The van der Waals surface area contributed by atoms with Gasteiger partial charge in [-0.1, -0.05) is 26.0 Å². The van der Waals surface area contributed by atoms with Gasteiger partial charge in [0.2, 0.25) is 0 Å². The van der Waals surface area contributed by atoms with Crippen molar-refractivity contribution in [3.05, 3.63) is 53.6 Å². The van der Waals surface area contributed by atoms with Crippen molar-refractivity contribution in [1.82, 2.24) is 15.1 Å². The Bertz CT molecular complexity index is 563. The summed E-state index contributed by atoms with van der Waals surface area (Å²) in [4.78, 5) is 0. The molecule has 0 bridgehead atoms. The zero-order chi connectivity index (χ0) is 15.2. The molecule has 0 saturated heterocycles. The molecule has 0 fully saturated rings. The van der Waals surface area contributed by atoms with Crippen LogP contribution in [0.2, 0.25) is 0 Å². The van der Waals surface area contributed by atoms with Crippen LogP contribution in [0.15, 0.2) is 36.5 Å². The van der Waals surface area contributed by atoms with E-state index in [1.165, 1.54) is 6.07 Å². The molecule has 1 aromatic heterocycles. The Hall–Kier alpha value is -1.68. The molecule has 114 valence electrons. The smallest absolute Gasteiger partial charge is 0.123 e. The van der Waals surface area contributed by atoms with Gasteiger partial charge in [-0.2, -0.15) is 5.10 Å². The molecule has 1 unspecified atom stereocenters. The molecule has 1 heterocycles. The minimum absolute atomic E-state index is 0.178. The van der Waals surface area contributed by atoms with Crippen LogP contribution in [-0.4, -0.2) is 22.9 Å². The quantitative estimate of drug-likeness (QED) is 0.848. The van der Waals surface area contributed by atoms with Crippen LogP contribution in [0.1, 0.15) is 31.0 Å². The normalized spacial score (nSPS) is 12.8. The van der Waals surface area contributed by atoms with Gasteiger partial charge < -0.3 is 5.32 Å². The van der Waals surface area contributed by atoms with Crippen molar-refractivity contribution in [3.63, 3.8) is 0 Å². The van der Waals surface area contributed by atoms with Crippen LogP contribution in [0.3, 0.4) is 0 Å². The fraction of sp³-hybridized carbons (Fsp3) is 0.471. The van der Waals surface area contributed by atoms with Gasteiger partial charge in [-0.05, 0) is 42.6 Å². The van der Waals surface area contributed by atoms with Gasteiger partial charge in [-0.3, -0.25) is 4.68 Å². The second-order valence-electron chi connectivity index (χ2n) is 5.99. The van der Waals surface area contributed by atoms with Gasteiger partial charge in [0.25, 0.3) is 0 Å². The summed E-state index contributed by atoms with van der Waals surface area (Å²) in [6.45, 7) is 6.16. The van der Waals surface area contributed by atoms with E-state index in [2.05, 4.69) is 24.3 Å². The van der Waals surface area contributed by atoms with Gasteiger partial charge in [0, 0.05) is 25.7 Å². The summed E-state index contributed by atoms with van der Waals surface area (Å²) in [5.41, 5.74) is 2.06. The maximum absolute atomic E-state index is 13.5. The third-order valence-electron chi connectivity index (χ3n) is 3.49. The van der Waals surface area contributed by atoms with Gasteiger partial charge in [0.05, 0.1) is 5.69 Å². The van der Waals surface area contributed by atoms with Crippen molar-refractivity contribution >= 4 is 0 Å². The van der Waals surface area contributed by atoms with Gasteiger partial charge in [-0.25, -0.2) is 4.39 Å². The Morgan fingerprint density at radius 3 is 2.67 bits per heavy atom. The van der Waals surface area contributed by atoms with Gasteiger partial charge in [-0.15, -0.1) is 0 Å². The van der Waals surface area contributed by atoms with E-state index in [-0.39, 0.29) is 11.7 Å². The molecule has 1 N–H and O–H groups in total. The lowest BCUT2D eigenvalue weighted by atomic mass is 9.94. The molecule has 0 saturated carbocycles. The zero-order valence-electron chi connectivity index (χ0n) is 13.0. The summed E-state index contributed by atoms with van der Waals surface area (Å²) in [7, 11) is 1.91. The molecule has 1 atom stereocenters. The minimum atomic E-state index is -0.178. The summed E-state index contributed by atoms with van der Waals surface area (Å²) in [6.07, 6.45) is 2.76. The number of rotatable bonds is 7. The highest BCUT2D eigenvalue weighted by Crippen LogP contribution is 2.20. The average Bonchev–Trinajstić information content (AvgIpc) is 2.83.